The Morgan fingerprint density at radius 3 is 2.52 bits per heavy atom. The van der Waals surface area contributed by atoms with Crippen LogP contribution in [0.1, 0.15) is 6.92 Å². The van der Waals surface area contributed by atoms with E-state index in [4.69, 9.17) is 9.97 Å². The van der Waals surface area contributed by atoms with Crippen LogP contribution in [0.5, 0.6) is 0 Å². The van der Waals surface area contributed by atoms with Crippen LogP contribution >= 0.6 is 0 Å². The highest BCUT2D eigenvalue weighted by Crippen LogP contribution is 2.24. The summed E-state index contributed by atoms with van der Waals surface area (Å²) in [6.45, 7) is 7.64. The fourth-order valence-corrected chi connectivity index (χ4v) is 3.48. The Morgan fingerprint density at radius 2 is 1.74 bits per heavy atom. The van der Waals surface area contributed by atoms with Crippen molar-refractivity contribution in [3.63, 3.8) is 0 Å². The lowest BCUT2D eigenvalue weighted by atomic mass is 10.2. The van der Waals surface area contributed by atoms with Crippen molar-refractivity contribution in [2.24, 2.45) is 0 Å². The SMILES string of the molecule is CC(CNc1nc(-c2ccncc2)nc2ccccc12)N1CCN(C)CC1. The van der Waals surface area contributed by atoms with Gasteiger partial charge in [-0.05, 0) is 38.2 Å². The highest BCUT2D eigenvalue weighted by molar-refractivity contribution is 5.90. The molecule has 0 spiro atoms. The molecule has 1 fully saturated rings. The molecule has 1 atom stereocenters. The summed E-state index contributed by atoms with van der Waals surface area (Å²) in [7, 11) is 2.19. The van der Waals surface area contributed by atoms with Gasteiger partial charge in [0.05, 0.1) is 5.52 Å². The minimum atomic E-state index is 0.455. The third-order valence-electron chi connectivity index (χ3n) is 5.27. The van der Waals surface area contributed by atoms with Gasteiger partial charge < -0.3 is 10.2 Å². The topological polar surface area (TPSA) is 57.2 Å². The number of nitrogens with one attached hydrogen (secondary N) is 1. The first-order valence-electron chi connectivity index (χ1n) is 9.54. The number of benzene rings is 1. The van der Waals surface area contributed by atoms with E-state index in [9.17, 15) is 0 Å². The third kappa shape index (κ3) is 4.07. The van der Waals surface area contributed by atoms with Gasteiger partial charge in [-0.1, -0.05) is 12.1 Å². The number of aromatic nitrogens is 3. The molecule has 1 aliphatic rings. The number of rotatable bonds is 5. The summed E-state index contributed by atoms with van der Waals surface area (Å²) in [5.41, 5.74) is 1.93. The number of likely N-dealkylation sites (N-methyl/N-ethyl adjacent to an activating group) is 1. The molecule has 27 heavy (non-hydrogen) atoms. The van der Waals surface area contributed by atoms with Gasteiger partial charge in [-0.25, -0.2) is 9.97 Å². The summed E-state index contributed by atoms with van der Waals surface area (Å²) in [6, 6.07) is 12.5. The van der Waals surface area contributed by atoms with E-state index in [-0.39, 0.29) is 0 Å². The molecule has 6 nitrogen and oxygen atoms in total. The van der Waals surface area contributed by atoms with Gasteiger partial charge in [0.1, 0.15) is 5.82 Å². The first-order valence-corrected chi connectivity index (χ1v) is 9.54. The Labute approximate surface area is 160 Å². The molecular weight excluding hydrogens is 336 g/mol. The predicted octanol–water partition coefficient (Wildman–Crippen LogP) is 2.74. The molecule has 1 aliphatic heterocycles. The smallest absolute Gasteiger partial charge is 0.162 e. The number of hydrogen-bond donors (Lipinski definition) is 1. The van der Waals surface area contributed by atoms with E-state index in [0.29, 0.717) is 6.04 Å². The molecular formula is C21H26N6. The van der Waals surface area contributed by atoms with E-state index in [1.807, 2.05) is 30.3 Å². The molecule has 2 aromatic heterocycles. The van der Waals surface area contributed by atoms with E-state index in [1.54, 1.807) is 12.4 Å². The molecule has 0 bridgehead atoms. The second-order valence-corrected chi connectivity index (χ2v) is 7.22. The Balaban J connectivity index is 1.57. The minimum Gasteiger partial charge on any atom is -0.368 e. The van der Waals surface area contributed by atoms with Gasteiger partial charge in [-0.2, -0.15) is 0 Å². The molecule has 1 saturated heterocycles. The fraction of sp³-hybridized carbons (Fsp3) is 0.381. The van der Waals surface area contributed by atoms with Crippen molar-refractivity contribution < 1.29 is 0 Å². The number of piperazine rings is 1. The Kier molecular flexibility index (Phi) is 5.27. The molecule has 1 aromatic carbocycles. The van der Waals surface area contributed by atoms with E-state index in [1.165, 1.54) is 0 Å². The van der Waals surface area contributed by atoms with Crippen molar-refractivity contribution in [1.29, 1.82) is 0 Å². The summed E-state index contributed by atoms with van der Waals surface area (Å²) >= 11 is 0. The average molecular weight is 362 g/mol. The van der Waals surface area contributed by atoms with Crippen LogP contribution in [-0.4, -0.2) is 70.6 Å². The Bertz CT molecular complexity index is 890. The molecule has 1 N–H and O–H groups in total. The average Bonchev–Trinajstić information content (AvgIpc) is 2.72. The number of hydrogen-bond acceptors (Lipinski definition) is 6. The van der Waals surface area contributed by atoms with Crippen LogP contribution in [0.25, 0.3) is 22.3 Å². The minimum absolute atomic E-state index is 0.455. The Hall–Kier alpha value is -2.57. The number of anilines is 1. The van der Waals surface area contributed by atoms with Gasteiger partial charge in [0.2, 0.25) is 0 Å². The van der Waals surface area contributed by atoms with Gasteiger partial charge >= 0.3 is 0 Å². The summed E-state index contributed by atoms with van der Waals surface area (Å²) in [5.74, 6) is 1.62. The number of para-hydroxylation sites is 1. The van der Waals surface area contributed by atoms with E-state index in [2.05, 4.69) is 40.1 Å². The quantitative estimate of drug-likeness (QED) is 0.753. The molecule has 0 saturated carbocycles. The summed E-state index contributed by atoms with van der Waals surface area (Å²) < 4.78 is 0. The lowest BCUT2D eigenvalue weighted by molar-refractivity contribution is 0.123. The van der Waals surface area contributed by atoms with E-state index >= 15 is 0 Å². The summed E-state index contributed by atoms with van der Waals surface area (Å²) in [4.78, 5) is 18.6. The van der Waals surface area contributed by atoms with Crippen LogP contribution in [0.3, 0.4) is 0 Å². The van der Waals surface area contributed by atoms with E-state index < -0.39 is 0 Å². The first kappa shape index (κ1) is 17.8. The number of nitrogens with zero attached hydrogens (tertiary/aromatic N) is 5. The first-order chi connectivity index (χ1) is 13.2. The zero-order chi connectivity index (χ0) is 18.6. The molecule has 140 valence electrons. The van der Waals surface area contributed by atoms with Gasteiger partial charge in [0.25, 0.3) is 0 Å². The maximum absolute atomic E-state index is 4.82. The highest BCUT2D eigenvalue weighted by Gasteiger charge is 2.19. The van der Waals surface area contributed by atoms with Crippen molar-refractivity contribution in [2.75, 3.05) is 45.1 Å². The second-order valence-electron chi connectivity index (χ2n) is 7.22. The predicted molar refractivity (Wildman–Crippen MR) is 110 cm³/mol. The monoisotopic (exact) mass is 362 g/mol. The molecule has 3 heterocycles. The van der Waals surface area contributed by atoms with Gasteiger partial charge in [-0.3, -0.25) is 9.88 Å². The van der Waals surface area contributed by atoms with Crippen LogP contribution in [-0.2, 0) is 0 Å². The largest absolute Gasteiger partial charge is 0.368 e. The maximum atomic E-state index is 4.82. The van der Waals surface area contributed by atoms with Crippen LogP contribution in [0, 0.1) is 0 Å². The summed E-state index contributed by atoms with van der Waals surface area (Å²) in [5, 5.41) is 4.64. The highest BCUT2D eigenvalue weighted by atomic mass is 15.3. The van der Waals surface area contributed by atoms with Crippen LogP contribution in [0.2, 0.25) is 0 Å². The van der Waals surface area contributed by atoms with Crippen molar-refractivity contribution in [1.82, 2.24) is 24.8 Å². The normalized spacial score (nSPS) is 17.1. The van der Waals surface area contributed by atoms with Crippen molar-refractivity contribution in [3.8, 4) is 11.4 Å². The Morgan fingerprint density at radius 1 is 1.00 bits per heavy atom. The fourth-order valence-electron chi connectivity index (χ4n) is 3.48. The molecule has 0 aliphatic carbocycles. The standard InChI is InChI=1S/C21H26N6/c1-16(27-13-11-26(2)12-14-27)15-23-21-18-5-3-4-6-19(18)24-20(25-21)17-7-9-22-10-8-17/h3-10,16H,11-15H2,1-2H3,(H,23,24,25). The third-order valence-corrected chi connectivity index (χ3v) is 5.27. The molecule has 0 radical (unpaired) electrons. The lowest BCUT2D eigenvalue weighted by Crippen LogP contribution is -2.49. The molecule has 0 amide bonds. The molecule has 1 unspecified atom stereocenters. The van der Waals surface area contributed by atoms with Gasteiger partial charge in [-0.15, -0.1) is 0 Å². The van der Waals surface area contributed by atoms with Crippen LogP contribution < -0.4 is 5.32 Å². The maximum Gasteiger partial charge on any atom is 0.162 e. The lowest BCUT2D eigenvalue weighted by Gasteiger charge is -2.36. The van der Waals surface area contributed by atoms with Gasteiger partial charge in [0, 0.05) is 62.1 Å². The number of pyridine rings is 1. The van der Waals surface area contributed by atoms with Crippen LogP contribution in [0.15, 0.2) is 48.8 Å². The summed E-state index contributed by atoms with van der Waals surface area (Å²) in [6.07, 6.45) is 3.55. The van der Waals surface area contributed by atoms with Crippen molar-refractivity contribution in [2.45, 2.75) is 13.0 Å². The van der Waals surface area contributed by atoms with Crippen molar-refractivity contribution in [3.05, 3.63) is 48.8 Å². The van der Waals surface area contributed by atoms with Crippen LogP contribution in [0.4, 0.5) is 5.82 Å². The second kappa shape index (κ2) is 7.98. The molecule has 3 aromatic rings. The molecule has 4 rings (SSSR count). The van der Waals surface area contributed by atoms with Gasteiger partial charge in [0.15, 0.2) is 5.82 Å². The molecule has 6 heteroatoms. The zero-order valence-electron chi connectivity index (χ0n) is 16.0. The zero-order valence-corrected chi connectivity index (χ0v) is 16.0. The van der Waals surface area contributed by atoms with Crippen molar-refractivity contribution >= 4 is 16.7 Å². The number of fused-ring (bicyclic) bond motifs is 1. The van der Waals surface area contributed by atoms with E-state index in [0.717, 1.165) is 60.8 Å².